The molecule has 0 saturated carbocycles. The Morgan fingerprint density at radius 2 is 2.20 bits per heavy atom. The molecular weight excluding hydrogens is 302 g/mol. The fourth-order valence-electron chi connectivity index (χ4n) is 1.56. The van der Waals surface area contributed by atoms with Crippen LogP contribution in [0.15, 0.2) is 22.2 Å². The Morgan fingerprint density at radius 3 is 2.70 bits per heavy atom. The number of carbonyl (C=O) groups is 1. The van der Waals surface area contributed by atoms with Gasteiger partial charge in [-0.05, 0) is 23.9 Å². The number of nitrogen functional groups attached to an aromatic ring is 2. The van der Waals surface area contributed by atoms with Crippen LogP contribution in [0.3, 0.4) is 0 Å². The number of nitrogens with two attached hydrogens (primary N) is 2. The molecule has 0 atom stereocenters. The van der Waals surface area contributed by atoms with E-state index in [1.54, 1.807) is 0 Å². The molecule has 7 nitrogen and oxygen atoms in total. The molecule has 1 aromatic carbocycles. The maximum atomic E-state index is 10.9. The third-order valence-electron chi connectivity index (χ3n) is 2.56. The lowest BCUT2D eigenvalue weighted by molar-refractivity contribution is 0.0697. The zero-order chi connectivity index (χ0) is 14.9. The van der Waals surface area contributed by atoms with Gasteiger partial charge in [0.1, 0.15) is 0 Å². The maximum Gasteiger partial charge on any atom is 0.335 e. The van der Waals surface area contributed by atoms with E-state index < -0.39 is 5.97 Å². The van der Waals surface area contributed by atoms with Gasteiger partial charge in [0.05, 0.1) is 15.5 Å². The molecule has 5 N–H and O–H groups in total. The van der Waals surface area contributed by atoms with Gasteiger partial charge in [-0.1, -0.05) is 18.5 Å². The van der Waals surface area contributed by atoms with Crippen molar-refractivity contribution in [2.45, 2.75) is 23.4 Å². The minimum atomic E-state index is -1.09. The molecule has 2 aromatic rings. The molecule has 0 amide bonds. The largest absolute Gasteiger partial charge is 0.478 e. The van der Waals surface area contributed by atoms with E-state index in [-0.39, 0.29) is 16.3 Å². The summed E-state index contributed by atoms with van der Waals surface area (Å²) in [5.74, 6) is 5.37. The predicted octanol–water partition coefficient (Wildman–Crippen LogP) is 1.64. The molecule has 1 aromatic heterocycles. The number of nitrogens with zero attached hydrogens (tertiary/aromatic N) is 3. The van der Waals surface area contributed by atoms with Gasteiger partial charge < -0.3 is 16.7 Å². The number of aromatic nitrogens is 3. The molecule has 2 rings (SSSR count). The summed E-state index contributed by atoms with van der Waals surface area (Å²) in [4.78, 5) is 11.4. The summed E-state index contributed by atoms with van der Waals surface area (Å²) in [6, 6.07) is 2.68. The number of hydrogen-bond donors (Lipinski definition) is 3. The standard InChI is InChI=1S/C11H12ClN5O2S/c1-2-8-15-16-11(17(8)14)20-9-6(12)3-5(10(18)19)4-7(9)13/h3-4H,2,13-14H2,1H3,(H,18,19). The van der Waals surface area contributed by atoms with E-state index in [1.165, 1.54) is 16.8 Å². The summed E-state index contributed by atoms with van der Waals surface area (Å²) >= 11 is 7.20. The van der Waals surface area contributed by atoms with Crippen LogP contribution in [0.1, 0.15) is 23.1 Å². The van der Waals surface area contributed by atoms with Gasteiger partial charge in [0.25, 0.3) is 0 Å². The average Bonchev–Trinajstić information content (AvgIpc) is 2.74. The highest BCUT2D eigenvalue weighted by Gasteiger charge is 2.16. The van der Waals surface area contributed by atoms with Crippen molar-refractivity contribution in [3.63, 3.8) is 0 Å². The minimum absolute atomic E-state index is 0.0281. The van der Waals surface area contributed by atoms with Crippen molar-refractivity contribution in [1.82, 2.24) is 14.9 Å². The van der Waals surface area contributed by atoms with Crippen LogP contribution in [0.25, 0.3) is 0 Å². The highest BCUT2D eigenvalue weighted by Crippen LogP contribution is 2.37. The first-order valence-corrected chi connectivity index (χ1v) is 6.83. The van der Waals surface area contributed by atoms with E-state index in [9.17, 15) is 4.79 Å². The van der Waals surface area contributed by atoms with Gasteiger partial charge in [0.15, 0.2) is 5.82 Å². The molecule has 9 heteroatoms. The Labute approximate surface area is 123 Å². The number of anilines is 1. The van der Waals surface area contributed by atoms with Crippen molar-refractivity contribution < 1.29 is 9.90 Å². The fraction of sp³-hybridized carbons (Fsp3) is 0.182. The predicted molar refractivity (Wildman–Crippen MR) is 76.5 cm³/mol. The number of aromatic carboxylic acids is 1. The Balaban J connectivity index is 2.38. The van der Waals surface area contributed by atoms with Crippen LogP contribution in [0.4, 0.5) is 5.69 Å². The van der Waals surface area contributed by atoms with Gasteiger partial charge in [-0.15, -0.1) is 10.2 Å². The average molecular weight is 314 g/mol. The lowest BCUT2D eigenvalue weighted by atomic mass is 10.2. The van der Waals surface area contributed by atoms with Crippen molar-refractivity contribution in [2.24, 2.45) is 0 Å². The molecule has 106 valence electrons. The number of halogens is 1. The molecule has 0 aliphatic rings. The summed E-state index contributed by atoms with van der Waals surface area (Å²) in [5, 5.41) is 17.5. The highest BCUT2D eigenvalue weighted by atomic mass is 35.5. The number of hydrogen-bond acceptors (Lipinski definition) is 6. The molecular formula is C11H12ClN5O2S. The zero-order valence-corrected chi connectivity index (χ0v) is 12.1. The van der Waals surface area contributed by atoms with E-state index in [4.69, 9.17) is 28.3 Å². The van der Waals surface area contributed by atoms with E-state index in [2.05, 4.69) is 10.2 Å². The number of benzene rings is 1. The summed E-state index contributed by atoms with van der Waals surface area (Å²) < 4.78 is 1.35. The van der Waals surface area contributed by atoms with Crippen LogP contribution in [-0.2, 0) is 6.42 Å². The number of carboxylic acid groups (broad SMARTS) is 1. The first-order chi connectivity index (χ1) is 9.43. The monoisotopic (exact) mass is 313 g/mol. The Morgan fingerprint density at radius 1 is 1.50 bits per heavy atom. The lowest BCUT2D eigenvalue weighted by Gasteiger charge is -2.08. The van der Waals surface area contributed by atoms with Gasteiger partial charge in [-0.25, -0.2) is 9.47 Å². The van der Waals surface area contributed by atoms with Crippen LogP contribution >= 0.6 is 23.4 Å². The summed E-state index contributed by atoms with van der Waals surface area (Å²) in [7, 11) is 0. The molecule has 0 fully saturated rings. The van der Waals surface area contributed by atoms with Gasteiger partial charge in [-0.3, -0.25) is 0 Å². The van der Waals surface area contributed by atoms with Crippen molar-refractivity contribution in [2.75, 3.05) is 11.6 Å². The molecule has 0 aliphatic carbocycles. The molecule has 0 spiro atoms. The Kier molecular flexibility index (Phi) is 4.05. The third kappa shape index (κ3) is 2.66. The second-order valence-electron chi connectivity index (χ2n) is 3.91. The van der Waals surface area contributed by atoms with Crippen LogP contribution < -0.4 is 11.6 Å². The molecule has 0 bridgehead atoms. The van der Waals surface area contributed by atoms with E-state index >= 15 is 0 Å². The lowest BCUT2D eigenvalue weighted by Crippen LogP contribution is -2.13. The SMILES string of the molecule is CCc1nnc(Sc2c(N)cc(C(=O)O)cc2Cl)n1N. The minimum Gasteiger partial charge on any atom is -0.478 e. The summed E-state index contributed by atoms with van der Waals surface area (Å²) in [6.07, 6.45) is 0.644. The van der Waals surface area contributed by atoms with Crippen molar-refractivity contribution in [1.29, 1.82) is 0 Å². The summed E-state index contributed by atoms with van der Waals surface area (Å²) in [5.41, 5.74) is 6.11. The van der Waals surface area contributed by atoms with Gasteiger partial charge in [-0.2, -0.15) is 0 Å². The second-order valence-corrected chi connectivity index (χ2v) is 5.29. The topological polar surface area (TPSA) is 120 Å². The van der Waals surface area contributed by atoms with Crippen molar-refractivity contribution in [3.8, 4) is 0 Å². The van der Waals surface area contributed by atoms with Gasteiger partial charge >= 0.3 is 5.97 Å². The Hall–Kier alpha value is -1.93. The smallest absolute Gasteiger partial charge is 0.335 e. The van der Waals surface area contributed by atoms with Crippen LogP contribution in [-0.4, -0.2) is 25.9 Å². The quantitative estimate of drug-likeness (QED) is 0.579. The van der Waals surface area contributed by atoms with Gasteiger partial charge in [0, 0.05) is 12.1 Å². The first-order valence-electron chi connectivity index (χ1n) is 5.63. The third-order valence-corrected chi connectivity index (χ3v) is 4.09. The molecule has 20 heavy (non-hydrogen) atoms. The zero-order valence-electron chi connectivity index (χ0n) is 10.5. The van der Waals surface area contributed by atoms with Crippen LogP contribution in [0.2, 0.25) is 5.02 Å². The first kappa shape index (κ1) is 14.5. The van der Waals surface area contributed by atoms with E-state index in [0.717, 1.165) is 11.8 Å². The number of rotatable bonds is 4. The fourth-order valence-corrected chi connectivity index (χ4v) is 2.70. The van der Waals surface area contributed by atoms with Crippen LogP contribution in [0.5, 0.6) is 0 Å². The van der Waals surface area contributed by atoms with Crippen molar-refractivity contribution >= 4 is 35.0 Å². The van der Waals surface area contributed by atoms with Crippen molar-refractivity contribution in [3.05, 3.63) is 28.5 Å². The Bertz CT molecular complexity index is 650. The molecule has 0 unspecified atom stereocenters. The normalized spacial score (nSPS) is 10.7. The molecule has 0 saturated heterocycles. The molecule has 0 radical (unpaired) electrons. The van der Waals surface area contributed by atoms with Gasteiger partial charge in [0.2, 0.25) is 5.16 Å². The maximum absolute atomic E-state index is 10.9. The van der Waals surface area contributed by atoms with E-state index in [0.29, 0.717) is 22.3 Å². The number of aryl methyl sites for hydroxylation is 1. The number of carboxylic acids is 1. The second kappa shape index (κ2) is 5.59. The van der Waals surface area contributed by atoms with E-state index in [1.807, 2.05) is 6.92 Å². The molecule has 1 heterocycles. The summed E-state index contributed by atoms with van der Waals surface area (Å²) in [6.45, 7) is 1.91. The van der Waals surface area contributed by atoms with Crippen LogP contribution in [0, 0.1) is 0 Å². The molecule has 0 aliphatic heterocycles. The highest BCUT2D eigenvalue weighted by molar-refractivity contribution is 7.99.